The Labute approximate surface area is 170 Å². The number of anilines is 2. The number of rotatable bonds is 0. The maximum atomic E-state index is 5.93. The van der Waals surface area contributed by atoms with Gasteiger partial charge in [0, 0.05) is 48.8 Å². The molecule has 29 heavy (non-hydrogen) atoms. The maximum Gasteiger partial charge on any atom is 0.231 e. The summed E-state index contributed by atoms with van der Waals surface area (Å²) in [6, 6.07) is 3.97. The standard InChI is InChI=1S/C22H24N4O3/c1-15-13-27-10-4-2-3-8-23-11-16-5-6-18-21(29-14-28-18)20(16)26-9-7-19-24-12-17(15)22(26)25-19/h5-7,9,11-12,15H,2-4,8,10,13-14H2,1H3. The van der Waals surface area contributed by atoms with Crippen molar-refractivity contribution >= 4 is 23.8 Å². The van der Waals surface area contributed by atoms with E-state index in [2.05, 4.69) is 21.8 Å². The van der Waals surface area contributed by atoms with Crippen molar-refractivity contribution in [3.05, 3.63) is 41.5 Å². The third-order valence-electron chi connectivity index (χ3n) is 5.41. The van der Waals surface area contributed by atoms with Crippen LogP contribution >= 0.6 is 0 Å². The summed E-state index contributed by atoms with van der Waals surface area (Å²) in [6.45, 7) is 4.57. The number of hydrogen-bond donors (Lipinski definition) is 0. The first kappa shape index (κ1) is 18.1. The Morgan fingerprint density at radius 2 is 2.10 bits per heavy atom. The second kappa shape index (κ2) is 7.83. The number of benzene rings is 1. The lowest BCUT2D eigenvalue weighted by atomic mass is 10.0. The lowest BCUT2D eigenvalue weighted by Gasteiger charge is -2.28. The average Bonchev–Trinajstić information content (AvgIpc) is 3.21. The van der Waals surface area contributed by atoms with Crippen molar-refractivity contribution in [2.75, 3.05) is 31.5 Å². The third-order valence-corrected chi connectivity index (χ3v) is 5.41. The van der Waals surface area contributed by atoms with Gasteiger partial charge in [0.05, 0.1) is 6.61 Å². The zero-order valence-corrected chi connectivity index (χ0v) is 16.5. The highest BCUT2D eigenvalue weighted by Crippen LogP contribution is 2.47. The van der Waals surface area contributed by atoms with Gasteiger partial charge in [-0.05, 0) is 37.5 Å². The van der Waals surface area contributed by atoms with Crippen molar-refractivity contribution in [2.24, 2.45) is 4.99 Å². The van der Waals surface area contributed by atoms with E-state index in [1.54, 1.807) is 0 Å². The van der Waals surface area contributed by atoms with Crippen LogP contribution in [0.15, 0.2) is 29.5 Å². The molecule has 0 N–H and O–H groups in total. The summed E-state index contributed by atoms with van der Waals surface area (Å²) < 4.78 is 17.4. The van der Waals surface area contributed by atoms with Crippen LogP contribution < -0.4 is 14.4 Å². The number of aliphatic imine (C=N–C) groups is 1. The van der Waals surface area contributed by atoms with E-state index in [0.29, 0.717) is 12.4 Å². The molecule has 1 unspecified atom stereocenters. The highest BCUT2D eigenvalue weighted by molar-refractivity contribution is 5.95. The smallest absolute Gasteiger partial charge is 0.231 e. The predicted octanol–water partition coefficient (Wildman–Crippen LogP) is 4.05. The summed E-state index contributed by atoms with van der Waals surface area (Å²) in [6.07, 6.45) is 11.0. The monoisotopic (exact) mass is 392 g/mol. The summed E-state index contributed by atoms with van der Waals surface area (Å²) >= 11 is 0. The molecular weight excluding hydrogens is 368 g/mol. The number of hydrogen-bond acceptors (Lipinski definition) is 7. The molecule has 1 aromatic heterocycles. The fourth-order valence-electron chi connectivity index (χ4n) is 3.83. The van der Waals surface area contributed by atoms with Crippen LogP contribution in [0.5, 0.6) is 11.5 Å². The minimum absolute atomic E-state index is 0.171. The van der Waals surface area contributed by atoms with E-state index < -0.39 is 0 Å². The number of ether oxygens (including phenoxy) is 3. The summed E-state index contributed by atoms with van der Waals surface area (Å²) in [4.78, 5) is 16.0. The number of aromatic nitrogens is 2. The molecular formula is C22H24N4O3. The first-order chi connectivity index (χ1) is 14.3. The Morgan fingerprint density at radius 3 is 3.07 bits per heavy atom. The Bertz CT molecular complexity index is 973. The van der Waals surface area contributed by atoms with Gasteiger partial charge in [-0.15, -0.1) is 0 Å². The molecule has 3 aliphatic rings. The normalized spacial score (nSPS) is 20.7. The number of fused-ring (bicyclic) bond motifs is 5. The van der Waals surface area contributed by atoms with E-state index in [-0.39, 0.29) is 12.7 Å². The lowest BCUT2D eigenvalue weighted by Crippen LogP contribution is -2.21. The molecule has 1 atom stereocenters. The van der Waals surface area contributed by atoms with E-state index in [0.717, 1.165) is 66.5 Å². The van der Waals surface area contributed by atoms with Crippen LogP contribution in [-0.2, 0) is 4.74 Å². The van der Waals surface area contributed by atoms with E-state index in [1.165, 1.54) is 0 Å². The fraction of sp³-hybridized carbons (Fsp3) is 0.409. The summed E-state index contributed by atoms with van der Waals surface area (Å²) in [5.41, 5.74) is 2.92. The Morgan fingerprint density at radius 1 is 1.14 bits per heavy atom. The van der Waals surface area contributed by atoms with Gasteiger partial charge in [-0.25, -0.2) is 9.97 Å². The maximum absolute atomic E-state index is 5.93. The van der Waals surface area contributed by atoms with Gasteiger partial charge in [0.2, 0.25) is 6.79 Å². The Kier molecular flexibility index (Phi) is 4.89. The van der Waals surface area contributed by atoms with Crippen molar-refractivity contribution in [3.8, 4) is 11.5 Å². The molecule has 7 nitrogen and oxygen atoms in total. The van der Waals surface area contributed by atoms with Gasteiger partial charge in [0.25, 0.3) is 0 Å². The average molecular weight is 392 g/mol. The quantitative estimate of drug-likeness (QED) is 0.674. The molecule has 2 bridgehead atoms. The molecule has 0 aliphatic carbocycles. The molecule has 0 radical (unpaired) electrons. The summed E-state index contributed by atoms with van der Waals surface area (Å²) in [5.74, 6) is 3.18. The molecule has 2 aromatic rings. The van der Waals surface area contributed by atoms with Crippen molar-refractivity contribution in [1.29, 1.82) is 0 Å². The third kappa shape index (κ3) is 3.46. The molecule has 1 aromatic carbocycles. The van der Waals surface area contributed by atoms with Crippen molar-refractivity contribution < 1.29 is 14.2 Å². The molecule has 0 fully saturated rings. The van der Waals surface area contributed by atoms with Gasteiger partial charge in [-0.3, -0.25) is 9.89 Å². The van der Waals surface area contributed by atoms with E-state index in [4.69, 9.17) is 19.2 Å². The van der Waals surface area contributed by atoms with Gasteiger partial charge < -0.3 is 14.2 Å². The highest BCUT2D eigenvalue weighted by atomic mass is 16.7. The Hall–Kier alpha value is -2.93. The number of nitrogens with zero attached hydrogens (tertiary/aromatic N) is 4. The molecule has 4 heterocycles. The van der Waals surface area contributed by atoms with Crippen LogP contribution in [0.4, 0.5) is 11.5 Å². The van der Waals surface area contributed by atoms with Crippen LogP contribution in [0.2, 0.25) is 0 Å². The van der Waals surface area contributed by atoms with Crippen LogP contribution in [0.3, 0.4) is 0 Å². The second-order valence-corrected chi connectivity index (χ2v) is 7.50. The molecule has 150 valence electrons. The van der Waals surface area contributed by atoms with Crippen LogP contribution in [-0.4, -0.2) is 42.7 Å². The van der Waals surface area contributed by atoms with Crippen LogP contribution in [0.1, 0.15) is 49.1 Å². The first-order valence-corrected chi connectivity index (χ1v) is 10.2. The van der Waals surface area contributed by atoms with Gasteiger partial charge in [-0.1, -0.05) is 6.92 Å². The van der Waals surface area contributed by atoms with Crippen molar-refractivity contribution in [2.45, 2.75) is 32.1 Å². The highest BCUT2D eigenvalue weighted by Gasteiger charge is 2.29. The van der Waals surface area contributed by atoms with Crippen LogP contribution in [0.25, 0.3) is 6.08 Å². The summed E-state index contributed by atoms with van der Waals surface area (Å²) in [7, 11) is 0. The van der Waals surface area contributed by atoms with Gasteiger partial charge in [0.15, 0.2) is 17.3 Å². The zero-order chi connectivity index (χ0) is 19.6. The van der Waals surface area contributed by atoms with E-state index >= 15 is 0 Å². The van der Waals surface area contributed by atoms with Gasteiger partial charge in [0.1, 0.15) is 11.5 Å². The second-order valence-electron chi connectivity index (χ2n) is 7.50. The minimum atomic E-state index is 0.171. The predicted molar refractivity (Wildman–Crippen MR) is 111 cm³/mol. The Balaban J connectivity index is 1.65. The lowest BCUT2D eigenvalue weighted by molar-refractivity contribution is 0.119. The molecule has 3 aliphatic heterocycles. The van der Waals surface area contributed by atoms with Gasteiger partial charge >= 0.3 is 0 Å². The zero-order valence-electron chi connectivity index (χ0n) is 16.5. The largest absolute Gasteiger partial charge is 0.454 e. The molecule has 0 spiro atoms. The minimum Gasteiger partial charge on any atom is -0.454 e. The summed E-state index contributed by atoms with van der Waals surface area (Å²) in [5, 5.41) is 0. The molecule has 0 saturated heterocycles. The SMILES string of the molecule is CC1COCCCCCN=Cc2ccc3c(c2N2C=Cc4ncc1c2n4)OCO3. The van der Waals surface area contributed by atoms with Crippen molar-refractivity contribution in [3.63, 3.8) is 0 Å². The topological polar surface area (TPSA) is 69.1 Å². The molecule has 7 heteroatoms. The van der Waals surface area contributed by atoms with Crippen LogP contribution in [0, 0.1) is 0 Å². The van der Waals surface area contributed by atoms with Gasteiger partial charge in [-0.2, -0.15) is 0 Å². The fourth-order valence-corrected chi connectivity index (χ4v) is 3.83. The first-order valence-electron chi connectivity index (χ1n) is 10.2. The van der Waals surface area contributed by atoms with E-state index in [9.17, 15) is 0 Å². The molecule has 0 amide bonds. The molecule has 0 saturated carbocycles. The molecule has 5 rings (SSSR count). The van der Waals surface area contributed by atoms with Crippen molar-refractivity contribution in [1.82, 2.24) is 9.97 Å². The van der Waals surface area contributed by atoms with E-state index in [1.807, 2.05) is 36.8 Å².